The number of aromatic nitrogens is 2. The third kappa shape index (κ3) is 1.96. The van der Waals surface area contributed by atoms with E-state index >= 15 is 0 Å². The first-order valence-corrected chi connectivity index (χ1v) is 3.00. The van der Waals surface area contributed by atoms with Gasteiger partial charge in [-0.05, 0) is 0 Å². The lowest BCUT2D eigenvalue weighted by atomic mass is 10.6. The maximum atomic E-state index is 10.2. The van der Waals surface area contributed by atoms with Gasteiger partial charge in [0.25, 0.3) is 0 Å². The molecule has 0 unspecified atom stereocenters. The van der Waals surface area contributed by atoms with Crippen LogP contribution in [-0.2, 0) is 11.3 Å². The highest BCUT2D eigenvalue weighted by Crippen LogP contribution is 2.05. The molecule has 0 spiro atoms. The minimum absolute atomic E-state index is 0.136. The number of carboxylic acids is 1. The van der Waals surface area contributed by atoms with Gasteiger partial charge in [0.2, 0.25) is 0 Å². The summed E-state index contributed by atoms with van der Waals surface area (Å²) in [4.78, 5) is 10.2. The fourth-order valence-corrected chi connectivity index (χ4v) is 0.675. The van der Waals surface area contributed by atoms with E-state index in [0.29, 0.717) is 5.75 Å². The Morgan fingerprint density at radius 1 is 1.91 bits per heavy atom. The van der Waals surface area contributed by atoms with Crippen molar-refractivity contribution in [3.8, 4) is 5.75 Å². The zero-order chi connectivity index (χ0) is 8.27. The normalized spacial score (nSPS) is 9.55. The van der Waals surface area contributed by atoms with Gasteiger partial charge < -0.3 is 9.84 Å². The van der Waals surface area contributed by atoms with Crippen LogP contribution in [0.5, 0.6) is 5.75 Å². The summed E-state index contributed by atoms with van der Waals surface area (Å²) in [7, 11) is 1.50. The zero-order valence-corrected chi connectivity index (χ0v) is 6.02. The van der Waals surface area contributed by atoms with Crippen molar-refractivity contribution < 1.29 is 14.6 Å². The number of hydrogen-bond acceptors (Lipinski definition) is 3. The molecule has 1 heterocycles. The van der Waals surface area contributed by atoms with Crippen LogP contribution < -0.4 is 4.74 Å². The number of methoxy groups -OCH3 is 1. The summed E-state index contributed by atoms with van der Waals surface area (Å²) >= 11 is 0. The third-order valence-electron chi connectivity index (χ3n) is 1.14. The molecule has 0 amide bonds. The molecule has 60 valence electrons. The highest BCUT2D eigenvalue weighted by molar-refractivity contribution is 5.66. The molecule has 0 fully saturated rings. The Balaban J connectivity index is 2.65. The standard InChI is InChI=1S/C6H8N2O3/c1-11-5-2-7-8(3-5)4-6(9)10/h2-3H,4H2,1H3,(H,9,10). The summed E-state index contributed by atoms with van der Waals surface area (Å²) in [6, 6.07) is 0. The van der Waals surface area contributed by atoms with Crippen molar-refractivity contribution in [3.63, 3.8) is 0 Å². The highest BCUT2D eigenvalue weighted by Gasteiger charge is 2.00. The molecule has 0 saturated heterocycles. The summed E-state index contributed by atoms with van der Waals surface area (Å²) in [5.41, 5.74) is 0. The largest absolute Gasteiger partial charge is 0.493 e. The average molecular weight is 156 g/mol. The molecule has 1 aromatic rings. The van der Waals surface area contributed by atoms with Gasteiger partial charge in [0.05, 0.1) is 19.5 Å². The molecule has 0 aliphatic carbocycles. The number of nitrogens with zero attached hydrogens (tertiary/aromatic N) is 2. The molecule has 0 saturated carbocycles. The van der Waals surface area contributed by atoms with Gasteiger partial charge in [-0.2, -0.15) is 5.10 Å². The fourth-order valence-electron chi connectivity index (χ4n) is 0.675. The SMILES string of the molecule is COc1cnn(CC(=O)O)c1. The molecule has 1 rings (SSSR count). The quantitative estimate of drug-likeness (QED) is 0.667. The molecule has 5 nitrogen and oxygen atoms in total. The van der Waals surface area contributed by atoms with Crippen molar-refractivity contribution in [1.82, 2.24) is 9.78 Å². The van der Waals surface area contributed by atoms with E-state index in [4.69, 9.17) is 9.84 Å². The van der Waals surface area contributed by atoms with Crippen molar-refractivity contribution in [1.29, 1.82) is 0 Å². The van der Waals surface area contributed by atoms with Crippen LogP contribution in [-0.4, -0.2) is 28.0 Å². The molecular formula is C6H8N2O3. The summed E-state index contributed by atoms with van der Waals surface area (Å²) in [6.45, 7) is -0.136. The molecule has 5 heteroatoms. The lowest BCUT2D eigenvalue weighted by molar-refractivity contribution is -0.137. The van der Waals surface area contributed by atoms with E-state index in [2.05, 4.69) is 5.10 Å². The van der Waals surface area contributed by atoms with Crippen LogP contribution in [0.1, 0.15) is 0 Å². The van der Waals surface area contributed by atoms with Crippen LogP contribution in [0.25, 0.3) is 0 Å². The Morgan fingerprint density at radius 2 is 2.64 bits per heavy atom. The number of rotatable bonds is 3. The summed E-state index contributed by atoms with van der Waals surface area (Å²) in [5, 5.41) is 12.1. The Bertz CT molecular complexity index is 256. The van der Waals surface area contributed by atoms with E-state index < -0.39 is 5.97 Å². The van der Waals surface area contributed by atoms with Crippen LogP contribution in [0.4, 0.5) is 0 Å². The van der Waals surface area contributed by atoms with Gasteiger partial charge in [-0.15, -0.1) is 0 Å². The maximum Gasteiger partial charge on any atom is 0.325 e. The first kappa shape index (κ1) is 7.59. The summed E-state index contributed by atoms with van der Waals surface area (Å²) < 4.78 is 6.09. The molecule has 0 aromatic carbocycles. The number of ether oxygens (including phenoxy) is 1. The third-order valence-corrected chi connectivity index (χ3v) is 1.14. The molecule has 0 bridgehead atoms. The molecular weight excluding hydrogens is 148 g/mol. The summed E-state index contributed by atoms with van der Waals surface area (Å²) in [5.74, 6) is -0.359. The molecule has 11 heavy (non-hydrogen) atoms. The second kappa shape index (κ2) is 3.05. The number of carboxylic acid groups (broad SMARTS) is 1. The van der Waals surface area contributed by atoms with Crippen LogP contribution in [0, 0.1) is 0 Å². The van der Waals surface area contributed by atoms with Crippen molar-refractivity contribution >= 4 is 5.97 Å². The fraction of sp³-hybridized carbons (Fsp3) is 0.333. The second-order valence-corrected chi connectivity index (χ2v) is 1.97. The Kier molecular flexibility index (Phi) is 2.10. The minimum Gasteiger partial charge on any atom is -0.493 e. The zero-order valence-electron chi connectivity index (χ0n) is 6.02. The monoisotopic (exact) mass is 156 g/mol. The first-order valence-electron chi connectivity index (χ1n) is 3.00. The molecule has 1 N–H and O–H groups in total. The van der Waals surface area contributed by atoms with E-state index in [0.717, 1.165) is 0 Å². The Morgan fingerprint density at radius 3 is 3.09 bits per heavy atom. The van der Waals surface area contributed by atoms with Gasteiger partial charge in [-0.25, -0.2) is 0 Å². The van der Waals surface area contributed by atoms with Crippen molar-refractivity contribution in [3.05, 3.63) is 12.4 Å². The highest BCUT2D eigenvalue weighted by atomic mass is 16.5. The first-order chi connectivity index (χ1) is 5.22. The van der Waals surface area contributed by atoms with E-state index in [9.17, 15) is 4.79 Å². The van der Waals surface area contributed by atoms with Gasteiger partial charge in [-0.3, -0.25) is 9.48 Å². The topological polar surface area (TPSA) is 64.4 Å². The Hall–Kier alpha value is -1.52. The van der Waals surface area contributed by atoms with Crippen LogP contribution in [0.15, 0.2) is 12.4 Å². The van der Waals surface area contributed by atoms with E-state index in [1.165, 1.54) is 24.2 Å². The van der Waals surface area contributed by atoms with E-state index in [1.807, 2.05) is 0 Å². The van der Waals surface area contributed by atoms with E-state index in [1.54, 1.807) is 0 Å². The molecule has 0 aliphatic heterocycles. The van der Waals surface area contributed by atoms with Gasteiger partial charge in [-0.1, -0.05) is 0 Å². The van der Waals surface area contributed by atoms with Gasteiger partial charge in [0, 0.05) is 0 Å². The van der Waals surface area contributed by atoms with Crippen molar-refractivity contribution in [2.24, 2.45) is 0 Å². The van der Waals surface area contributed by atoms with Gasteiger partial charge in [0.1, 0.15) is 6.54 Å². The Labute approximate surface area is 63.2 Å². The van der Waals surface area contributed by atoms with Crippen molar-refractivity contribution in [2.75, 3.05) is 7.11 Å². The maximum absolute atomic E-state index is 10.2. The molecule has 0 radical (unpaired) electrons. The lowest BCUT2D eigenvalue weighted by Crippen LogP contribution is -2.08. The minimum atomic E-state index is -0.921. The number of carbonyl (C=O) groups is 1. The predicted octanol–water partition coefficient (Wildman–Crippen LogP) is -0.0237. The second-order valence-electron chi connectivity index (χ2n) is 1.97. The number of aliphatic carboxylic acids is 1. The van der Waals surface area contributed by atoms with Crippen molar-refractivity contribution in [2.45, 2.75) is 6.54 Å². The van der Waals surface area contributed by atoms with Gasteiger partial charge >= 0.3 is 5.97 Å². The van der Waals surface area contributed by atoms with E-state index in [-0.39, 0.29) is 6.54 Å². The average Bonchev–Trinajstić information content (AvgIpc) is 2.34. The lowest BCUT2D eigenvalue weighted by Gasteiger charge is -1.92. The van der Waals surface area contributed by atoms with Crippen LogP contribution >= 0.6 is 0 Å². The van der Waals surface area contributed by atoms with Crippen LogP contribution in [0.2, 0.25) is 0 Å². The smallest absolute Gasteiger partial charge is 0.325 e. The van der Waals surface area contributed by atoms with Crippen LogP contribution in [0.3, 0.4) is 0 Å². The van der Waals surface area contributed by atoms with Gasteiger partial charge in [0.15, 0.2) is 5.75 Å². The summed E-state index contributed by atoms with van der Waals surface area (Å²) in [6.07, 6.45) is 2.98. The predicted molar refractivity (Wildman–Crippen MR) is 36.4 cm³/mol. The molecule has 0 aliphatic rings. The number of hydrogen-bond donors (Lipinski definition) is 1. The molecule has 1 aromatic heterocycles. The molecule has 0 atom stereocenters.